The largest absolute Gasteiger partial charge is 0.340 e. The van der Waals surface area contributed by atoms with Gasteiger partial charge in [0, 0.05) is 31.7 Å². The first kappa shape index (κ1) is 16.4. The molecule has 0 bridgehead atoms. The molecule has 2 unspecified atom stereocenters. The van der Waals surface area contributed by atoms with Crippen molar-refractivity contribution in [2.45, 2.75) is 51.6 Å². The van der Waals surface area contributed by atoms with Gasteiger partial charge in [0.25, 0.3) is 0 Å². The number of hydrogen-bond acceptors (Lipinski definition) is 6. The second-order valence-corrected chi connectivity index (χ2v) is 7.14. The molecule has 128 valence electrons. The van der Waals surface area contributed by atoms with Crippen LogP contribution in [0.15, 0.2) is 4.52 Å². The van der Waals surface area contributed by atoms with E-state index in [4.69, 9.17) is 10.3 Å². The highest BCUT2D eigenvalue weighted by Gasteiger charge is 2.40. The number of carbonyl (C=O) groups excluding carboxylic acids is 1. The van der Waals surface area contributed by atoms with Gasteiger partial charge >= 0.3 is 0 Å². The quantitative estimate of drug-likeness (QED) is 0.891. The summed E-state index contributed by atoms with van der Waals surface area (Å²) >= 11 is 0. The van der Waals surface area contributed by atoms with Crippen molar-refractivity contribution >= 4 is 5.91 Å². The SMILES string of the molecule is Cc1noc(CN2CCN(C(=O)C3CCCCC3(C)N)CC2)n1. The van der Waals surface area contributed by atoms with Crippen molar-refractivity contribution in [1.82, 2.24) is 19.9 Å². The molecule has 1 aromatic rings. The summed E-state index contributed by atoms with van der Waals surface area (Å²) in [5.74, 6) is 1.52. The van der Waals surface area contributed by atoms with E-state index in [2.05, 4.69) is 15.0 Å². The Kier molecular flexibility index (Phi) is 4.68. The standard InChI is InChI=1S/C16H27N5O2/c1-12-18-14(23-19-12)11-20-7-9-21(10-8-20)15(22)13-5-3-4-6-16(13,2)17/h13H,3-11,17H2,1-2H3. The fraction of sp³-hybridized carbons (Fsp3) is 0.812. The van der Waals surface area contributed by atoms with Gasteiger partial charge in [0.05, 0.1) is 12.5 Å². The first-order valence-corrected chi connectivity index (χ1v) is 8.55. The maximum Gasteiger partial charge on any atom is 0.240 e. The minimum Gasteiger partial charge on any atom is -0.340 e. The number of carbonyl (C=O) groups is 1. The number of nitrogens with two attached hydrogens (primary N) is 1. The Morgan fingerprint density at radius 3 is 2.70 bits per heavy atom. The molecule has 0 aromatic carbocycles. The molecule has 2 N–H and O–H groups in total. The first-order chi connectivity index (χ1) is 11.0. The Morgan fingerprint density at radius 1 is 1.35 bits per heavy atom. The molecule has 1 aliphatic carbocycles. The number of rotatable bonds is 3. The lowest BCUT2D eigenvalue weighted by atomic mass is 9.74. The number of piperazine rings is 1. The Morgan fingerprint density at radius 2 is 2.09 bits per heavy atom. The zero-order valence-electron chi connectivity index (χ0n) is 14.1. The third-order valence-electron chi connectivity index (χ3n) is 5.16. The third kappa shape index (κ3) is 3.72. The van der Waals surface area contributed by atoms with Crippen LogP contribution in [0.3, 0.4) is 0 Å². The van der Waals surface area contributed by atoms with Crippen LogP contribution in [0.2, 0.25) is 0 Å². The van der Waals surface area contributed by atoms with Gasteiger partial charge in [-0.05, 0) is 26.7 Å². The lowest BCUT2D eigenvalue weighted by molar-refractivity contribution is -0.140. The van der Waals surface area contributed by atoms with E-state index in [0.717, 1.165) is 51.9 Å². The van der Waals surface area contributed by atoms with Crippen molar-refractivity contribution in [2.75, 3.05) is 26.2 Å². The number of nitrogens with zero attached hydrogens (tertiary/aromatic N) is 4. The third-order valence-corrected chi connectivity index (χ3v) is 5.16. The molecule has 3 rings (SSSR count). The Bertz CT molecular complexity index is 548. The first-order valence-electron chi connectivity index (χ1n) is 8.55. The lowest BCUT2D eigenvalue weighted by Gasteiger charge is -2.42. The molecule has 1 aromatic heterocycles. The zero-order valence-corrected chi connectivity index (χ0v) is 14.1. The molecular formula is C16H27N5O2. The minimum atomic E-state index is -0.353. The van der Waals surface area contributed by atoms with Crippen molar-refractivity contribution < 1.29 is 9.32 Å². The summed E-state index contributed by atoms with van der Waals surface area (Å²) in [6.45, 7) is 7.67. The molecule has 2 heterocycles. The highest BCUT2D eigenvalue weighted by atomic mass is 16.5. The molecular weight excluding hydrogens is 294 g/mol. The van der Waals surface area contributed by atoms with E-state index >= 15 is 0 Å². The molecule has 2 aliphatic rings. The van der Waals surface area contributed by atoms with E-state index in [1.807, 2.05) is 18.7 Å². The number of aromatic nitrogens is 2. The Hall–Kier alpha value is -1.47. The number of aryl methyl sites for hydroxylation is 1. The average molecular weight is 321 g/mol. The molecule has 1 aliphatic heterocycles. The van der Waals surface area contributed by atoms with E-state index in [1.54, 1.807) is 0 Å². The van der Waals surface area contributed by atoms with Crippen molar-refractivity contribution in [3.8, 4) is 0 Å². The van der Waals surface area contributed by atoms with Crippen molar-refractivity contribution in [1.29, 1.82) is 0 Å². The van der Waals surface area contributed by atoms with Crippen molar-refractivity contribution in [2.24, 2.45) is 11.7 Å². The van der Waals surface area contributed by atoms with Gasteiger partial charge in [0.15, 0.2) is 5.82 Å². The van der Waals surface area contributed by atoms with Gasteiger partial charge in [0.2, 0.25) is 11.8 Å². The highest BCUT2D eigenvalue weighted by molar-refractivity contribution is 5.80. The van der Waals surface area contributed by atoms with E-state index in [9.17, 15) is 4.79 Å². The molecule has 2 atom stereocenters. The molecule has 23 heavy (non-hydrogen) atoms. The molecule has 1 saturated heterocycles. The maximum absolute atomic E-state index is 12.8. The van der Waals surface area contributed by atoms with Crippen LogP contribution in [-0.2, 0) is 11.3 Å². The maximum atomic E-state index is 12.8. The zero-order chi connectivity index (χ0) is 16.4. The minimum absolute atomic E-state index is 0.0265. The molecule has 1 saturated carbocycles. The van der Waals surface area contributed by atoms with Gasteiger partial charge in [-0.3, -0.25) is 9.69 Å². The summed E-state index contributed by atoms with van der Waals surface area (Å²) in [4.78, 5) is 21.3. The van der Waals surface area contributed by atoms with Crippen LogP contribution >= 0.6 is 0 Å². The van der Waals surface area contributed by atoms with Crippen LogP contribution in [0.1, 0.15) is 44.3 Å². The van der Waals surface area contributed by atoms with Crippen LogP contribution in [0, 0.1) is 12.8 Å². The predicted molar refractivity (Wildman–Crippen MR) is 85.4 cm³/mol. The summed E-state index contributed by atoms with van der Waals surface area (Å²) in [5.41, 5.74) is 6.02. The molecule has 0 spiro atoms. The molecule has 0 radical (unpaired) electrons. The normalized spacial score (nSPS) is 29.7. The Balaban J connectivity index is 1.53. The van der Waals surface area contributed by atoms with Crippen LogP contribution in [-0.4, -0.2) is 57.6 Å². The summed E-state index contributed by atoms with van der Waals surface area (Å²) in [7, 11) is 0. The summed E-state index contributed by atoms with van der Waals surface area (Å²) in [5, 5.41) is 3.81. The fourth-order valence-corrected chi connectivity index (χ4v) is 3.71. The van der Waals surface area contributed by atoms with Gasteiger partial charge in [-0.15, -0.1) is 0 Å². The summed E-state index contributed by atoms with van der Waals surface area (Å²) < 4.78 is 5.16. The van der Waals surface area contributed by atoms with Crippen LogP contribution in [0.25, 0.3) is 0 Å². The van der Waals surface area contributed by atoms with Crippen molar-refractivity contribution in [3.05, 3.63) is 11.7 Å². The van der Waals surface area contributed by atoms with E-state index < -0.39 is 0 Å². The van der Waals surface area contributed by atoms with Gasteiger partial charge in [-0.2, -0.15) is 4.98 Å². The average Bonchev–Trinajstić information content (AvgIpc) is 2.92. The van der Waals surface area contributed by atoms with Crippen LogP contribution in [0.5, 0.6) is 0 Å². The Labute approximate surface area is 137 Å². The second kappa shape index (κ2) is 6.57. The summed E-state index contributed by atoms with van der Waals surface area (Å²) in [6, 6.07) is 0. The van der Waals surface area contributed by atoms with Gasteiger partial charge in [-0.25, -0.2) is 0 Å². The van der Waals surface area contributed by atoms with Crippen LogP contribution < -0.4 is 5.73 Å². The molecule has 7 heteroatoms. The van der Waals surface area contributed by atoms with E-state index in [1.165, 1.54) is 0 Å². The number of hydrogen-bond donors (Lipinski definition) is 1. The van der Waals surface area contributed by atoms with Gasteiger partial charge < -0.3 is 15.2 Å². The van der Waals surface area contributed by atoms with Gasteiger partial charge in [-0.1, -0.05) is 18.0 Å². The molecule has 2 fully saturated rings. The monoisotopic (exact) mass is 321 g/mol. The fourth-order valence-electron chi connectivity index (χ4n) is 3.71. The summed E-state index contributed by atoms with van der Waals surface area (Å²) in [6.07, 6.45) is 4.11. The smallest absolute Gasteiger partial charge is 0.240 e. The molecule has 7 nitrogen and oxygen atoms in total. The molecule has 1 amide bonds. The van der Waals surface area contributed by atoms with Crippen molar-refractivity contribution in [3.63, 3.8) is 0 Å². The van der Waals surface area contributed by atoms with E-state index in [0.29, 0.717) is 18.3 Å². The van der Waals surface area contributed by atoms with Gasteiger partial charge in [0.1, 0.15) is 0 Å². The number of amides is 1. The second-order valence-electron chi connectivity index (χ2n) is 7.14. The predicted octanol–water partition coefficient (Wildman–Crippen LogP) is 0.930. The van der Waals surface area contributed by atoms with Crippen LogP contribution in [0.4, 0.5) is 0 Å². The highest BCUT2D eigenvalue weighted by Crippen LogP contribution is 2.33. The topological polar surface area (TPSA) is 88.5 Å². The van der Waals surface area contributed by atoms with E-state index in [-0.39, 0.29) is 17.4 Å². The lowest BCUT2D eigenvalue weighted by Crippen LogP contribution is -2.57.